The van der Waals surface area contributed by atoms with Gasteiger partial charge in [-0.3, -0.25) is 14.5 Å². The van der Waals surface area contributed by atoms with E-state index in [2.05, 4.69) is 75.4 Å². The SMILES string of the molecule is CCc1nc2c(cnn2CC)c(NC2CCOCC2)c1CNC(=O)CCC(=O)NCc1ccc(OC)c(-c2cccc(CN3C[C@@H]4C[C@H]3CN4)c2)c1. The first-order valence-electron chi connectivity index (χ1n) is 18.9. The Hall–Kier alpha value is -4.52. The van der Waals surface area contributed by atoms with Gasteiger partial charge in [0.15, 0.2) is 5.65 Å². The molecule has 0 saturated carbocycles. The third kappa shape index (κ3) is 8.09. The summed E-state index contributed by atoms with van der Waals surface area (Å²) in [7, 11) is 1.69. The van der Waals surface area contributed by atoms with Gasteiger partial charge < -0.3 is 30.7 Å². The van der Waals surface area contributed by atoms with Crippen LogP contribution in [0.15, 0.2) is 48.7 Å². The zero-order valence-corrected chi connectivity index (χ0v) is 30.7. The summed E-state index contributed by atoms with van der Waals surface area (Å²) in [6, 6.07) is 16.2. The van der Waals surface area contributed by atoms with Crippen LogP contribution < -0.4 is 26.0 Å². The Balaban J connectivity index is 0.950. The van der Waals surface area contributed by atoms with Crippen molar-refractivity contribution in [3.8, 4) is 16.9 Å². The van der Waals surface area contributed by atoms with E-state index in [4.69, 9.17) is 14.5 Å². The summed E-state index contributed by atoms with van der Waals surface area (Å²) in [5.41, 5.74) is 8.06. The molecule has 52 heavy (non-hydrogen) atoms. The number of aromatic nitrogens is 3. The van der Waals surface area contributed by atoms with Gasteiger partial charge in [0.25, 0.3) is 0 Å². The molecule has 7 rings (SSSR count). The summed E-state index contributed by atoms with van der Waals surface area (Å²) < 4.78 is 13.2. The molecule has 3 saturated heterocycles. The number of anilines is 1. The summed E-state index contributed by atoms with van der Waals surface area (Å²) in [5.74, 6) is 0.442. The van der Waals surface area contributed by atoms with Crippen LogP contribution in [-0.2, 0) is 46.9 Å². The standard InChI is InChI=1S/C40H52N8O4/c1-4-35-33(39(45-29-13-15-52-16-14-29)34-23-44-48(5-2)40(34)46-35)22-43-38(50)12-11-37(49)42-20-26-9-10-36(51-3)32(18-26)28-8-6-7-27(17-28)24-47-25-30-19-31(47)21-41-30/h6-10,17-18,23,29-31,41H,4-5,11-16,19-22,24-25H2,1-3H3,(H,42,49)(H,43,50)(H,45,46)/t30-,31-/m0/s1. The summed E-state index contributed by atoms with van der Waals surface area (Å²) >= 11 is 0. The van der Waals surface area contributed by atoms with E-state index in [0.717, 1.165) is 109 Å². The molecule has 0 aliphatic carbocycles. The normalized spacial score (nSPS) is 18.9. The van der Waals surface area contributed by atoms with Crippen molar-refractivity contribution in [1.82, 2.24) is 35.6 Å². The van der Waals surface area contributed by atoms with Crippen LogP contribution in [0.3, 0.4) is 0 Å². The van der Waals surface area contributed by atoms with Crippen LogP contribution in [-0.4, -0.2) is 83.0 Å². The molecular weight excluding hydrogens is 656 g/mol. The first-order chi connectivity index (χ1) is 25.4. The van der Waals surface area contributed by atoms with Gasteiger partial charge in [0.05, 0.1) is 24.4 Å². The fraction of sp³-hybridized carbons (Fsp3) is 0.500. The molecule has 276 valence electrons. The third-order valence-electron chi connectivity index (χ3n) is 10.8. The lowest BCUT2D eigenvalue weighted by Gasteiger charge is -2.27. The van der Waals surface area contributed by atoms with Gasteiger partial charge in [0.1, 0.15) is 5.75 Å². The predicted molar refractivity (Wildman–Crippen MR) is 202 cm³/mol. The minimum Gasteiger partial charge on any atom is -0.496 e. The Morgan fingerprint density at radius 3 is 2.54 bits per heavy atom. The number of carbonyl (C=O) groups is 2. The molecule has 4 N–H and O–H groups in total. The van der Waals surface area contributed by atoms with Crippen molar-refractivity contribution in [2.45, 2.75) is 96.7 Å². The molecule has 12 nitrogen and oxygen atoms in total. The van der Waals surface area contributed by atoms with E-state index in [1.54, 1.807) is 7.11 Å². The van der Waals surface area contributed by atoms with E-state index in [1.807, 2.05) is 23.0 Å². The number of nitrogens with one attached hydrogen (secondary N) is 4. The highest BCUT2D eigenvalue weighted by Gasteiger charge is 2.37. The number of hydrogen-bond acceptors (Lipinski definition) is 9. The molecule has 2 aromatic carbocycles. The average molecular weight is 709 g/mol. The number of ether oxygens (including phenoxy) is 2. The van der Waals surface area contributed by atoms with E-state index in [9.17, 15) is 9.59 Å². The van der Waals surface area contributed by atoms with Gasteiger partial charge in [0.2, 0.25) is 11.8 Å². The number of aryl methyl sites for hydroxylation is 2. The molecule has 0 spiro atoms. The number of piperazine rings is 1. The first-order valence-corrected chi connectivity index (χ1v) is 18.9. The number of hydrogen-bond donors (Lipinski definition) is 4. The molecule has 0 radical (unpaired) electrons. The van der Waals surface area contributed by atoms with Gasteiger partial charge in [-0.1, -0.05) is 31.2 Å². The zero-order valence-electron chi connectivity index (χ0n) is 30.7. The molecule has 0 unspecified atom stereocenters. The molecule has 5 heterocycles. The molecule has 2 bridgehead atoms. The van der Waals surface area contributed by atoms with Crippen LogP contribution in [0, 0.1) is 0 Å². The second-order valence-corrected chi connectivity index (χ2v) is 14.2. The largest absolute Gasteiger partial charge is 0.496 e. The number of amides is 2. The first kappa shape index (κ1) is 35.9. The molecule has 4 aromatic rings. The highest BCUT2D eigenvalue weighted by Crippen LogP contribution is 2.34. The molecule has 12 heteroatoms. The fourth-order valence-corrected chi connectivity index (χ4v) is 7.90. The van der Waals surface area contributed by atoms with Crippen molar-refractivity contribution in [3.05, 3.63) is 71.0 Å². The van der Waals surface area contributed by atoms with Gasteiger partial charge >= 0.3 is 0 Å². The van der Waals surface area contributed by atoms with Gasteiger partial charge in [-0.05, 0) is 67.5 Å². The van der Waals surface area contributed by atoms with Crippen molar-refractivity contribution in [2.75, 3.05) is 38.7 Å². The van der Waals surface area contributed by atoms with Gasteiger partial charge in [-0.25, -0.2) is 9.67 Å². The molecule has 3 aliphatic heterocycles. The van der Waals surface area contributed by atoms with Crippen molar-refractivity contribution < 1.29 is 19.1 Å². The Kier molecular flexibility index (Phi) is 11.3. The Morgan fingerprint density at radius 1 is 1.02 bits per heavy atom. The number of methoxy groups -OCH3 is 1. The van der Waals surface area contributed by atoms with Crippen LogP contribution in [0.4, 0.5) is 5.69 Å². The number of fused-ring (bicyclic) bond motifs is 3. The maximum absolute atomic E-state index is 13.1. The van der Waals surface area contributed by atoms with Gasteiger partial charge in [-0.15, -0.1) is 0 Å². The van der Waals surface area contributed by atoms with Gasteiger partial charge in [-0.2, -0.15) is 5.10 Å². The summed E-state index contributed by atoms with van der Waals surface area (Å²) in [6.07, 6.45) is 5.84. The van der Waals surface area contributed by atoms with Crippen LogP contribution in [0.25, 0.3) is 22.2 Å². The average Bonchev–Trinajstić information content (AvgIpc) is 3.92. The Bertz CT molecular complexity index is 1890. The topological polar surface area (TPSA) is 135 Å². The lowest BCUT2D eigenvalue weighted by Crippen LogP contribution is -2.42. The summed E-state index contributed by atoms with van der Waals surface area (Å²) in [5, 5.41) is 18.9. The van der Waals surface area contributed by atoms with E-state index < -0.39 is 0 Å². The lowest BCUT2D eigenvalue weighted by molar-refractivity contribution is -0.126. The second kappa shape index (κ2) is 16.4. The van der Waals surface area contributed by atoms with E-state index in [-0.39, 0.29) is 30.7 Å². The van der Waals surface area contributed by atoms with Crippen LogP contribution in [0.2, 0.25) is 0 Å². The quantitative estimate of drug-likeness (QED) is 0.141. The zero-order chi connectivity index (χ0) is 36.0. The van der Waals surface area contributed by atoms with Crippen molar-refractivity contribution >= 4 is 28.5 Å². The van der Waals surface area contributed by atoms with Crippen molar-refractivity contribution in [1.29, 1.82) is 0 Å². The Morgan fingerprint density at radius 2 is 1.83 bits per heavy atom. The highest BCUT2D eigenvalue weighted by atomic mass is 16.5. The van der Waals surface area contributed by atoms with Gasteiger partial charge in [0, 0.05) is 100 Å². The Labute approximate surface area is 306 Å². The lowest BCUT2D eigenvalue weighted by atomic mass is 9.99. The minimum atomic E-state index is -0.178. The van der Waals surface area contributed by atoms with Crippen molar-refractivity contribution in [3.63, 3.8) is 0 Å². The van der Waals surface area contributed by atoms with E-state index in [0.29, 0.717) is 25.2 Å². The monoisotopic (exact) mass is 708 g/mol. The predicted octanol–water partition coefficient (Wildman–Crippen LogP) is 4.54. The van der Waals surface area contributed by atoms with Crippen molar-refractivity contribution in [2.24, 2.45) is 0 Å². The molecule has 2 atom stereocenters. The summed E-state index contributed by atoms with van der Waals surface area (Å²) in [4.78, 5) is 33.5. The highest BCUT2D eigenvalue weighted by molar-refractivity contribution is 5.92. The van der Waals surface area contributed by atoms with Crippen LogP contribution in [0.1, 0.15) is 68.3 Å². The van der Waals surface area contributed by atoms with Crippen LogP contribution in [0.5, 0.6) is 5.75 Å². The number of benzene rings is 2. The molecule has 3 fully saturated rings. The molecule has 3 aliphatic rings. The number of pyridine rings is 1. The summed E-state index contributed by atoms with van der Waals surface area (Å²) in [6.45, 7) is 10.1. The van der Waals surface area contributed by atoms with Crippen LogP contribution >= 0.6 is 0 Å². The number of likely N-dealkylation sites (tertiary alicyclic amines) is 1. The third-order valence-corrected chi connectivity index (χ3v) is 10.8. The minimum absolute atomic E-state index is 0.0921. The fourth-order valence-electron chi connectivity index (χ4n) is 7.90. The second-order valence-electron chi connectivity index (χ2n) is 14.2. The van der Waals surface area contributed by atoms with E-state index >= 15 is 0 Å². The molecular formula is C40H52N8O4. The number of nitrogens with zero attached hydrogens (tertiary/aromatic N) is 4. The smallest absolute Gasteiger partial charge is 0.220 e. The van der Waals surface area contributed by atoms with E-state index in [1.165, 1.54) is 12.0 Å². The maximum atomic E-state index is 13.1. The number of rotatable bonds is 15. The maximum Gasteiger partial charge on any atom is 0.220 e. The number of carbonyl (C=O) groups excluding carboxylic acids is 2. The molecule has 2 aromatic heterocycles. The molecule has 2 amide bonds.